The summed E-state index contributed by atoms with van der Waals surface area (Å²) in [5.41, 5.74) is 2.41. The molecule has 1 amide bonds. The lowest BCUT2D eigenvalue weighted by Gasteiger charge is -2.13. The summed E-state index contributed by atoms with van der Waals surface area (Å²) in [7, 11) is 0. The summed E-state index contributed by atoms with van der Waals surface area (Å²) in [6, 6.07) is 8.69. The first-order chi connectivity index (χ1) is 14.5. The van der Waals surface area contributed by atoms with Crippen LogP contribution in [0.1, 0.15) is 29.7 Å². The molecule has 0 unspecified atom stereocenters. The van der Waals surface area contributed by atoms with Gasteiger partial charge in [-0.1, -0.05) is 29.2 Å². The van der Waals surface area contributed by atoms with Crippen LogP contribution in [0.3, 0.4) is 0 Å². The molecule has 4 rings (SSSR count). The number of carbonyl (C=O) groups excluding carboxylic acids is 1. The Morgan fingerprint density at radius 1 is 1.40 bits per heavy atom. The number of nitrogens with one attached hydrogen (secondary N) is 2. The molecular formula is C20H19FN6OS2. The number of aromatic nitrogens is 3. The Morgan fingerprint density at radius 3 is 2.90 bits per heavy atom. The first-order valence-electron chi connectivity index (χ1n) is 9.37. The van der Waals surface area contributed by atoms with Crippen molar-refractivity contribution in [2.24, 2.45) is 0 Å². The van der Waals surface area contributed by atoms with Gasteiger partial charge in [0.25, 0.3) is 0 Å². The van der Waals surface area contributed by atoms with E-state index in [4.69, 9.17) is 0 Å². The van der Waals surface area contributed by atoms with Crippen LogP contribution >= 0.6 is 23.1 Å². The maximum Gasteiger partial charge on any atom is 0.235 e. The predicted molar refractivity (Wildman–Crippen MR) is 116 cm³/mol. The van der Waals surface area contributed by atoms with Crippen molar-refractivity contribution in [2.75, 3.05) is 16.4 Å². The van der Waals surface area contributed by atoms with Crippen LogP contribution < -0.4 is 10.6 Å². The molecule has 1 saturated carbocycles. The Labute approximate surface area is 181 Å². The number of carbonyl (C=O) groups is 1. The van der Waals surface area contributed by atoms with Crippen LogP contribution in [0.4, 0.5) is 15.3 Å². The molecule has 7 nitrogen and oxygen atoms in total. The quantitative estimate of drug-likeness (QED) is 0.531. The molecule has 154 valence electrons. The highest BCUT2D eigenvalue weighted by molar-refractivity contribution is 8.01. The Bertz CT molecular complexity index is 1140. The minimum absolute atomic E-state index is 0.120. The van der Waals surface area contributed by atoms with Gasteiger partial charge in [-0.3, -0.25) is 9.36 Å². The average Bonchev–Trinajstić information content (AvgIpc) is 3.36. The fraction of sp³-hybridized carbons (Fsp3) is 0.300. The summed E-state index contributed by atoms with van der Waals surface area (Å²) in [6.45, 7) is 3.64. The zero-order valence-corrected chi connectivity index (χ0v) is 18.0. The van der Waals surface area contributed by atoms with E-state index in [2.05, 4.69) is 26.9 Å². The Morgan fingerprint density at radius 2 is 2.20 bits per heavy atom. The minimum Gasteiger partial charge on any atom is -0.357 e. The third kappa shape index (κ3) is 4.32. The molecule has 1 aliphatic carbocycles. The molecule has 1 fully saturated rings. The zero-order chi connectivity index (χ0) is 21.3. The number of benzene rings is 1. The van der Waals surface area contributed by atoms with Gasteiger partial charge in [0.05, 0.1) is 17.0 Å². The number of nitriles is 1. The average molecular weight is 443 g/mol. The van der Waals surface area contributed by atoms with Gasteiger partial charge in [0.15, 0.2) is 4.34 Å². The van der Waals surface area contributed by atoms with E-state index in [1.165, 1.54) is 35.2 Å². The normalized spacial score (nSPS) is 13.1. The van der Waals surface area contributed by atoms with E-state index < -0.39 is 5.82 Å². The largest absolute Gasteiger partial charge is 0.357 e. The number of hydrogen-bond donors (Lipinski definition) is 2. The first-order valence-corrected chi connectivity index (χ1v) is 11.2. The second-order valence-corrected chi connectivity index (χ2v) is 9.19. The molecule has 2 aromatic heterocycles. The lowest BCUT2D eigenvalue weighted by Crippen LogP contribution is -2.17. The molecule has 0 radical (unpaired) electrons. The number of halogens is 1. The first kappa shape index (κ1) is 20.4. The fourth-order valence-corrected chi connectivity index (χ4v) is 4.65. The van der Waals surface area contributed by atoms with Crippen molar-refractivity contribution in [1.29, 1.82) is 5.26 Å². The van der Waals surface area contributed by atoms with E-state index in [1.807, 2.05) is 13.8 Å². The van der Waals surface area contributed by atoms with E-state index >= 15 is 0 Å². The van der Waals surface area contributed by atoms with Crippen molar-refractivity contribution in [3.05, 3.63) is 46.9 Å². The van der Waals surface area contributed by atoms with E-state index in [0.717, 1.165) is 29.2 Å². The van der Waals surface area contributed by atoms with Gasteiger partial charge >= 0.3 is 0 Å². The number of rotatable bonds is 7. The third-order valence-electron chi connectivity index (χ3n) is 4.79. The minimum atomic E-state index is -0.392. The molecule has 10 heteroatoms. The molecule has 1 aliphatic rings. The van der Waals surface area contributed by atoms with E-state index in [0.29, 0.717) is 27.5 Å². The van der Waals surface area contributed by atoms with Crippen LogP contribution in [0.25, 0.3) is 5.69 Å². The van der Waals surface area contributed by atoms with Crippen molar-refractivity contribution in [2.45, 2.75) is 37.1 Å². The van der Waals surface area contributed by atoms with E-state index in [-0.39, 0.29) is 11.7 Å². The molecule has 1 aromatic carbocycles. The Hall–Kier alpha value is -2.90. The molecule has 0 bridgehead atoms. The molecular weight excluding hydrogens is 423 g/mol. The maximum atomic E-state index is 13.8. The highest BCUT2D eigenvalue weighted by Gasteiger charge is 2.23. The van der Waals surface area contributed by atoms with Gasteiger partial charge in [-0.2, -0.15) is 5.26 Å². The number of anilines is 2. The number of amides is 1. The van der Waals surface area contributed by atoms with Gasteiger partial charge in [-0.25, -0.2) is 4.39 Å². The van der Waals surface area contributed by atoms with Crippen molar-refractivity contribution in [3.8, 4) is 11.8 Å². The van der Waals surface area contributed by atoms with Crippen LogP contribution in [0.15, 0.2) is 28.6 Å². The molecule has 3 aromatic rings. The molecule has 0 saturated heterocycles. The number of thioether (sulfide) groups is 1. The molecule has 0 aliphatic heterocycles. The third-order valence-corrected chi connectivity index (χ3v) is 6.78. The number of nitrogens with zero attached hydrogens (tertiary/aromatic N) is 4. The van der Waals surface area contributed by atoms with E-state index in [9.17, 15) is 14.4 Å². The lowest BCUT2D eigenvalue weighted by molar-refractivity contribution is -0.113. The molecule has 0 spiro atoms. The van der Waals surface area contributed by atoms with Crippen LogP contribution in [-0.4, -0.2) is 32.5 Å². The topological polar surface area (TPSA) is 95.6 Å². The van der Waals surface area contributed by atoms with Crippen LogP contribution in [0, 0.1) is 31.0 Å². The van der Waals surface area contributed by atoms with Gasteiger partial charge in [-0.15, -0.1) is 10.2 Å². The van der Waals surface area contributed by atoms with Gasteiger partial charge in [0, 0.05) is 11.7 Å². The summed E-state index contributed by atoms with van der Waals surface area (Å²) < 4.78 is 16.2. The van der Waals surface area contributed by atoms with Gasteiger partial charge in [-0.05, 0) is 50.5 Å². The van der Waals surface area contributed by atoms with Crippen LogP contribution in [0.2, 0.25) is 0 Å². The Balaban J connectivity index is 1.51. The second-order valence-electron chi connectivity index (χ2n) is 6.99. The molecule has 30 heavy (non-hydrogen) atoms. The van der Waals surface area contributed by atoms with Crippen LogP contribution in [0.5, 0.6) is 0 Å². The summed E-state index contributed by atoms with van der Waals surface area (Å²) in [5.74, 6) is -0.206. The summed E-state index contributed by atoms with van der Waals surface area (Å²) in [6.07, 6.45) is 2.30. The molecule has 2 N–H and O–H groups in total. The van der Waals surface area contributed by atoms with Crippen molar-refractivity contribution >= 4 is 40.0 Å². The summed E-state index contributed by atoms with van der Waals surface area (Å²) >= 11 is 2.70. The van der Waals surface area contributed by atoms with E-state index in [1.54, 1.807) is 16.7 Å². The molecule has 0 atom stereocenters. The van der Waals surface area contributed by atoms with Gasteiger partial charge in [0.2, 0.25) is 11.0 Å². The van der Waals surface area contributed by atoms with Crippen molar-refractivity contribution < 1.29 is 9.18 Å². The summed E-state index contributed by atoms with van der Waals surface area (Å²) in [4.78, 5) is 12.6. The standard InChI is InChI=1S/C20H19FN6OS2/c1-11-12(2)27(15-5-3-4-13(21)8-15)18(16(11)9-22)24-17(28)10-29-20-26-25-19(30-20)23-14-6-7-14/h3-5,8,14H,6-7,10H2,1-2H3,(H,23,25)(H,24,28). The van der Waals surface area contributed by atoms with Gasteiger partial charge in [0.1, 0.15) is 17.7 Å². The highest BCUT2D eigenvalue weighted by Crippen LogP contribution is 2.32. The van der Waals surface area contributed by atoms with Crippen LogP contribution in [-0.2, 0) is 4.79 Å². The Kier molecular flexibility index (Phi) is 5.74. The van der Waals surface area contributed by atoms with Crippen molar-refractivity contribution in [1.82, 2.24) is 14.8 Å². The monoisotopic (exact) mass is 442 g/mol. The molecule has 2 heterocycles. The second kappa shape index (κ2) is 8.45. The SMILES string of the molecule is Cc1c(C#N)c(NC(=O)CSc2nnc(NC3CC3)s2)n(-c2cccc(F)c2)c1C. The summed E-state index contributed by atoms with van der Waals surface area (Å²) in [5, 5.41) is 24.7. The predicted octanol–water partition coefficient (Wildman–Crippen LogP) is 4.26. The fourth-order valence-electron chi connectivity index (χ4n) is 3.02. The smallest absolute Gasteiger partial charge is 0.235 e. The highest BCUT2D eigenvalue weighted by atomic mass is 32.2. The number of hydrogen-bond acceptors (Lipinski definition) is 7. The zero-order valence-electron chi connectivity index (χ0n) is 16.4. The lowest BCUT2D eigenvalue weighted by atomic mass is 10.2. The van der Waals surface area contributed by atoms with Gasteiger partial charge < -0.3 is 10.6 Å². The maximum absolute atomic E-state index is 13.8. The van der Waals surface area contributed by atoms with Crippen molar-refractivity contribution in [3.63, 3.8) is 0 Å².